The van der Waals surface area contributed by atoms with Crippen LogP contribution in [0.4, 0.5) is 5.69 Å². The Labute approximate surface area is 125 Å². The lowest BCUT2D eigenvalue weighted by molar-refractivity contribution is -0.124. The highest BCUT2D eigenvalue weighted by atomic mass is 16.2. The van der Waals surface area contributed by atoms with Crippen LogP contribution in [-0.4, -0.2) is 35.3 Å². The first-order chi connectivity index (χ1) is 9.85. The van der Waals surface area contributed by atoms with Crippen molar-refractivity contribution in [1.29, 1.82) is 0 Å². The highest BCUT2D eigenvalue weighted by Gasteiger charge is 2.24. The largest absolute Gasteiger partial charge is 0.369 e. The Hall–Kier alpha value is -1.92. The summed E-state index contributed by atoms with van der Waals surface area (Å²) >= 11 is 0. The molecular weight excluding hydrogens is 268 g/mol. The molecule has 0 aliphatic rings. The molecule has 0 aromatic heterocycles. The SMILES string of the molecule is CC(C)N(CC(N)=O)C(C)C(=O)Nc1ccc(CN)cc1. The van der Waals surface area contributed by atoms with Crippen molar-refractivity contribution in [3.05, 3.63) is 29.8 Å². The van der Waals surface area contributed by atoms with E-state index in [1.54, 1.807) is 24.0 Å². The first kappa shape index (κ1) is 17.1. The van der Waals surface area contributed by atoms with Crippen molar-refractivity contribution in [3.8, 4) is 0 Å². The van der Waals surface area contributed by atoms with Gasteiger partial charge in [0.15, 0.2) is 0 Å². The summed E-state index contributed by atoms with van der Waals surface area (Å²) in [7, 11) is 0. The van der Waals surface area contributed by atoms with E-state index in [1.807, 2.05) is 26.0 Å². The van der Waals surface area contributed by atoms with Crippen LogP contribution in [0.5, 0.6) is 0 Å². The van der Waals surface area contributed by atoms with Crippen molar-refractivity contribution in [2.45, 2.75) is 39.4 Å². The number of benzene rings is 1. The number of primary amides is 1. The van der Waals surface area contributed by atoms with Crippen molar-refractivity contribution in [1.82, 2.24) is 4.90 Å². The van der Waals surface area contributed by atoms with Crippen LogP contribution in [0.2, 0.25) is 0 Å². The average Bonchev–Trinajstić information content (AvgIpc) is 2.44. The van der Waals surface area contributed by atoms with Crippen molar-refractivity contribution in [2.24, 2.45) is 11.5 Å². The summed E-state index contributed by atoms with van der Waals surface area (Å²) in [5.41, 5.74) is 12.5. The van der Waals surface area contributed by atoms with Gasteiger partial charge in [-0.3, -0.25) is 14.5 Å². The summed E-state index contributed by atoms with van der Waals surface area (Å²) in [5.74, 6) is -0.624. The zero-order valence-corrected chi connectivity index (χ0v) is 12.8. The minimum atomic E-state index is -0.452. The summed E-state index contributed by atoms with van der Waals surface area (Å²) in [5, 5.41) is 2.83. The maximum absolute atomic E-state index is 12.3. The maximum Gasteiger partial charge on any atom is 0.241 e. The quantitative estimate of drug-likeness (QED) is 0.687. The van der Waals surface area contributed by atoms with Crippen LogP contribution in [0.3, 0.4) is 0 Å². The fourth-order valence-corrected chi connectivity index (χ4v) is 2.07. The summed E-state index contributed by atoms with van der Waals surface area (Å²) in [6.07, 6.45) is 0. The zero-order valence-electron chi connectivity index (χ0n) is 12.8. The van der Waals surface area contributed by atoms with E-state index in [9.17, 15) is 9.59 Å². The fourth-order valence-electron chi connectivity index (χ4n) is 2.07. The van der Waals surface area contributed by atoms with Gasteiger partial charge < -0.3 is 16.8 Å². The van der Waals surface area contributed by atoms with Gasteiger partial charge in [0.1, 0.15) is 0 Å². The Morgan fingerprint density at radius 2 is 1.76 bits per heavy atom. The second-order valence-corrected chi connectivity index (χ2v) is 5.30. The Kier molecular flexibility index (Phi) is 6.33. The number of hydrogen-bond acceptors (Lipinski definition) is 4. The Bertz CT molecular complexity index is 485. The van der Waals surface area contributed by atoms with Crippen molar-refractivity contribution in [3.63, 3.8) is 0 Å². The molecule has 1 aromatic rings. The van der Waals surface area contributed by atoms with Gasteiger partial charge in [-0.2, -0.15) is 0 Å². The molecule has 0 aliphatic carbocycles. The summed E-state index contributed by atoms with van der Waals surface area (Å²) in [4.78, 5) is 25.1. The topological polar surface area (TPSA) is 101 Å². The number of carbonyl (C=O) groups excluding carboxylic acids is 2. The maximum atomic E-state index is 12.3. The molecule has 5 N–H and O–H groups in total. The van der Waals surface area contributed by atoms with Gasteiger partial charge >= 0.3 is 0 Å². The van der Waals surface area contributed by atoms with E-state index in [0.29, 0.717) is 12.2 Å². The molecule has 0 bridgehead atoms. The molecule has 0 radical (unpaired) electrons. The first-order valence-corrected chi connectivity index (χ1v) is 6.99. The van der Waals surface area contributed by atoms with Crippen LogP contribution in [-0.2, 0) is 16.1 Å². The van der Waals surface area contributed by atoms with E-state index >= 15 is 0 Å². The molecule has 6 heteroatoms. The number of anilines is 1. The molecular formula is C15H24N4O2. The van der Waals surface area contributed by atoms with Crippen molar-refractivity contribution in [2.75, 3.05) is 11.9 Å². The van der Waals surface area contributed by atoms with E-state index in [2.05, 4.69) is 5.32 Å². The summed E-state index contributed by atoms with van der Waals surface area (Å²) in [6.45, 7) is 6.11. The van der Waals surface area contributed by atoms with Crippen LogP contribution in [0.15, 0.2) is 24.3 Å². The molecule has 1 aromatic carbocycles. The van der Waals surface area contributed by atoms with Gasteiger partial charge in [-0.1, -0.05) is 12.1 Å². The molecule has 0 heterocycles. The monoisotopic (exact) mass is 292 g/mol. The number of nitrogens with one attached hydrogen (secondary N) is 1. The van der Waals surface area contributed by atoms with Crippen LogP contribution in [0.1, 0.15) is 26.3 Å². The van der Waals surface area contributed by atoms with Gasteiger partial charge in [0.25, 0.3) is 0 Å². The molecule has 21 heavy (non-hydrogen) atoms. The van der Waals surface area contributed by atoms with Gasteiger partial charge in [0.05, 0.1) is 12.6 Å². The highest BCUT2D eigenvalue weighted by Crippen LogP contribution is 2.12. The van der Waals surface area contributed by atoms with Crippen LogP contribution < -0.4 is 16.8 Å². The normalized spacial score (nSPS) is 12.5. The number of carbonyl (C=O) groups is 2. The van der Waals surface area contributed by atoms with E-state index < -0.39 is 11.9 Å². The molecule has 2 amide bonds. The second kappa shape index (κ2) is 7.75. The second-order valence-electron chi connectivity index (χ2n) is 5.30. The van der Waals surface area contributed by atoms with Gasteiger partial charge in [-0.25, -0.2) is 0 Å². The highest BCUT2D eigenvalue weighted by molar-refractivity contribution is 5.94. The minimum Gasteiger partial charge on any atom is -0.369 e. The predicted octanol–water partition coefficient (Wildman–Crippen LogP) is 0.668. The number of nitrogens with two attached hydrogens (primary N) is 2. The molecule has 0 fully saturated rings. The molecule has 1 atom stereocenters. The molecule has 0 aliphatic heterocycles. The van der Waals surface area contributed by atoms with E-state index in [0.717, 1.165) is 5.56 Å². The first-order valence-electron chi connectivity index (χ1n) is 6.99. The molecule has 0 saturated heterocycles. The molecule has 1 rings (SSSR count). The van der Waals surface area contributed by atoms with Gasteiger partial charge in [0, 0.05) is 18.3 Å². The third kappa shape index (κ3) is 5.17. The Morgan fingerprint density at radius 3 is 2.19 bits per heavy atom. The molecule has 116 valence electrons. The average molecular weight is 292 g/mol. The molecule has 6 nitrogen and oxygen atoms in total. The summed E-state index contributed by atoms with van der Waals surface area (Å²) < 4.78 is 0. The third-order valence-electron chi connectivity index (χ3n) is 3.34. The summed E-state index contributed by atoms with van der Waals surface area (Å²) in [6, 6.07) is 6.93. The van der Waals surface area contributed by atoms with Gasteiger partial charge in [0.2, 0.25) is 11.8 Å². The lowest BCUT2D eigenvalue weighted by Crippen LogP contribution is -2.49. The van der Waals surface area contributed by atoms with Crippen LogP contribution in [0, 0.1) is 0 Å². The Balaban J connectivity index is 2.73. The molecule has 0 saturated carbocycles. The van der Waals surface area contributed by atoms with Crippen molar-refractivity contribution < 1.29 is 9.59 Å². The predicted molar refractivity (Wildman–Crippen MR) is 83.5 cm³/mol. The Morgan fingerprint density at radius 1 is 1.19 bits per heavy atom. The number of hydrogen-bond donors (Lipinski definition) is 3. The number of nitrogens with zero attached hydrogens (tertiary/aromatic N) is 1. The van der Waals surface area contributed by atoms with E-state index in [-0.39, 0.29) is 18.5 Å². The van der Waals surface area contributed by atoms with Crippen LogP contribution >= 0.6 is 0 Å². The minimum absolute atomic E-state index is 0.0397. The third-order valence-corrected chi connectivity index (χ3v) is 3.34. The lowest BCUT2D eigenvalue weighted by Gasteiger charge is -2.30. The fraction of sp³-hybridized carbons (Fsp3) is 0.467. The zero-order chi connectivity index (χ0) is 16.0. The van der Waals surface area contributed by atoms with Crippen molar-refractivity contribution >= 4 is 17.5 Å². The number of rotatable bonds is 7. The number of amides is 2. The van der Waals surface area contributed by atoms with E-state index in [4.69, 9.17) is 11.5 Å². The lowest BCUT2D eigenvalue weighted by atomic mass is 10.1. The smallest absolute Gasteiger partial charge is 0.241 e. The van der Waals surface area contributed by atoms with Gasteiger partial charge in [-0.15, -0.1) is 0 Å². The van der Waals surface area contributed by atoms with Gasteiger partial charge in [-0.05, 0) is 38.5 Å². The standard InChI is InChI=1S/C15H24N4O2/c1-10(2)19(9-14(17)20)11(3)15(21)18-13-6-4-12(8-16)5-7-13/h4-7,10-11H,8-9,16H2,1-3H3,(H2,17,20)(H,18,21). The van der Waals surface area contributed by atoms with Crippen LogP contribution in [0.25, 0.3) is 0 Å². The molecule has 0 spiro atoms. The van der Waals surface area contributed by atoms with E-state index in [1.165, 1.54) is 0 Å². The molecule has 1 unspecified atom stereocenters.